The maximum Gasteiger partial charge on any atom is 1.00 e. The monoisotopic (exact) mass is 449 g/mol. The number of carbonyl (C=O) groups is 3. The second-order valence-electron chi connectivity index (χ2n) is 7.29. The Bertz CT molecular complexity index is 839. The van der Waals surface area contributed by atoms with E-state index < -0.39 is 5.97 Å². The standard InChI is InChI=1S/C24H29NO5.K/c1-3-30-24(29)17(2)15-21(25-22(26)13-14-23(27)28)16-18-9-11-20(12-10-18)19-7-5-4-6-8-19;/h4-12,17,21H,3,13-16H2,1-2H3,(H,25,26)(H,27,28);/q;+1/p-1. The molecule has 2 unspecified atom stereocenters. The number of esters is 1. The molecular weight excluding hydrogens is 421 g/mol. The Labute approximate surface area is 226 Å². The fourth-order valence-electron chi connectivity index (χ4n) is 3.26. The number of amides is 1. The summed E-state index contributed by atoms with van der Waals surface area (Å²) < 4.78 is 5.07. The minimum Gasteiger partial charge on any atom is -0.550 e. The van der Waals surface area contributed by atoms with Crippen LogP contribution in [0, 0.1) is 5.92 Å². The topological polar surface area (TPSA) is 95.5 Å². The van der Waals surface area contributed by atoms with Gasteiger partial charge in [0.25, 0.3) is 0 Å². The van der Waals surface area contributed by atoms with E-state index >= 15 is 0 Å². The number of hydrogen-bond donors (Lipinski definition) is 1. The first-order valence-corrected chi connectivity index (χ1v) is 10.2. The van der Waals surface area contributed by atoms with Gasteiger partial charge in [0, 0.05) is 18.4 Å². The normalized spacial score (nSPS) is 12.2. The summed E-state index contributed by atoms with van der Waals surface area (Å²) in [4.78, 5) is 34.8. The fourth-order valence-corrected chi connectivity index (χ4v) is 3.26. The molecule has 0 heterocycles. The second-order valence-corrected chi connectivity index (χ2v) is 7.29. The maximum absolute atomic E-state index is 12.1. The largest absolute Gasteiger partial charge is 1.00 e. The number of benzene rings is 2. The van der Waals surface area contributed by atoms with E-state index in [1.807, 2.05) is 54.6 Å². The molecule has 0 aliphatic rings. The van der Waals surface area contributed by atoms with Crippen LogP contribution >= 0.6 is 0 Å². The first-order valence-electron chi connectivity index (χ1n) is 10.2. The molecule has 2 rings (SSSR count). The van der Waals surface area contributed by atoms with Crippen LogP contribution in [0.3, 0.4) is 0 Å². The van der Waals surface area contributed by atoms with E-state index in [-0.39, 0.29) is 88.1 Å². The Morgan fingerprint density at radius 2 is 1.58 bits per heavy atom. The van der Waals surface area contributed by atoms with Crippen LogP contribution in [-0.2, 0) is 25.5 Å². The van der Waals surface area contributed by atoms with Crippen molar-refractivity contribution in [1.29, 1.82) is 0 Å². The van der Waals surface area contributed by atoms with E-state index in [9.17, 15) is 19.5 Å². The molecule has 0 fully saturated rings. The molecule has 1 amide bonds. The van der Waals surface area contributed by atoms with Crippen molar-refractivity contribution in [2.75, 3.05) is 6.61 Å². The van der Waals surface area contributed by atoms with Crippen molar-refractivity contribution < 1.29 is 75.6 Å². The van der Waals surface area contributed by atoms with Crippen LogP contribution in [0.15, 0.2) is 54.6 Å². The third-order valence-corrected chi connectivity index (χ3v) is 4.79. The molecule has 6 nitrogen and oxygen atoms in total. The minimum absolute atomic E-state index is 0. The Hall–Kier alpha value is -1.51. The van der Waals surface area contributed by atoms with Crippen molar-refractivity contribution in [3.63, 3.8) is 0 Å². The van der Waals surface area contributed by atoms with Crippen molar-refractivity contribution in [2.24, 2.45) is 5.92 Å². The molecule has 2 atom stereocenters. The minimum atomic E-state index is -1.27. The molecule has 2 aromatic carbocycles. The van der Waals surface area contributed by atoms with E-state index in [2.05, 4.69) is 5.32 Å². The summed E-state index contributed by atoms with van der Waals surface area (Å²) in [6.07, 6.45) is 0.434. The van der Waals surface area contributed by atoms with Gasteiger partial charge in [0.05, 0.1) is 12.5 Å². The molecular formula is C24H28KNO5. The molecule has 2 aromatic rings. The van der Waals surface area contributed by atoms with Crippen molar-refractivity contribution in [3.8, 4) is 11.1 Å². The number of carboxylic acid groups (broad SMARTS) is 1. The van der Waals surface area contributed by atoms with Crippen LogP contribution in [0.4, 0.5) is 0 Å². The zero-order valence-corrected chi connectivity index (χ0v) is 21.6. The Morgan fingerprint density at radius 3 is 2.16 bits per heavy atom. The van der Waals surface area contributed by atoms with E-state index in [1.165, 1.54) is 0 Å². The summed E-state index contributed by atoms with van der Waals surface area (Å²) >= 11 is 0. The third-order valence-electron chi connectivity index (χ3n) is 4.79. The summed E-state index contributed by atoms with van der Waals surface area (Å²) in [5.41, 5.74) is 3.22. The first-order chi connectivity index (χ1) is 14.4. The molecule has 31 heavy (non-hydrogen) atoms. The Balaban J connectivity index is 0.00000480. The van der Waals surface area contributed by atoms with Gasteiger partial charge in [0.15, 0.2) is 0 Å². The maximum atomic E-state index is 12.1. The SMILES string of the molecule is CCOC(=O)C(C)CC(Cc1ccc(-c2ccccc2)cc1)NC(=O)CCC(=O)[O-].[K+]. The van der Waals surface area contributed by atoms with Crippen LogP contribution in [0.2, 0.25) is 0 Å². The van der Waals surface area contributed by atoms with Crippen molar-refractivity contribution in [3.05, 3.63) is 60.2 Å². The summed E-state index contributed by atoms with van der Waals surface area (Å²) in [6.45, 7) is 3.81. The van der Waals surface area contributed by atoms with Crippen LogP contribution in [0.1, 0.15) is 38.7 Å². The second kappa shape index (κ2) is 14.5. The van der Waals surface area contributed by atoms with Gasteiger partial charge in [0.2, 0.25) is 5.91 Å². The molecule has 1 N–H and O–H groups in total. The van der Waals surface area contributed by atoms with Gasteiger partial charge in [-0.05, 0) is 42.9 Å². The summed E-state index contributed by atoms with van der Waals surface area (Å²) in [5, 5.41) is 13.5. The van der Waals surface area contributed by atoms with Crippen molar-refractivity contribution in [1.82, 2.24) is 5.32 Å². The van der Waals surface area contributed by atoms with Gasteiger partial charge in [-0.2, -0.15) is 0 Å². The predicted molar refractivity (Wildman–Crippen MR) is 112 cm³/mol. The zero-order valence-electron chi connectivity index (χ0n) is 18.4. The number of ether oxygens (including phenoxy) is 1. The third kappa shape index (κ3) is 10.1. The first kappa shape index (κ1) is 27.5. The average Bonchev–Trinajstić information content (AvgIpc) is 2.73. The van der Waals surface area contributed by atoms with E-state index in [0.29, 0.717) is 19.4 Å². The predicted octanol–water partition coefficient (Wildman–Crippen LogP) is -0.496. The number of carbonyl (C=O) groups excluding carboxylic acids is 3. The quantitative estimate of drug-likeness (QED) is 0.369. The van der Waals surface area contributed by atoms with E-state index in [1.54, 1.807) is 13.8 Å². The molecule has 0 aliphatic heterocycles. The number of nitrogens with one attached hydrogen (secondary N) is 1. The van der Waals surface area contributed by atoms with Crippen LogP contribution in [0.5, 0.6) is 0 Å². The molecule has 0 spiro atoms. The molecule has 0 aliphatic carbocycles. The molecule has 0 saturated carbocycles. The molecule has 0 bridgehead atoms. The molecule has 0 saturated heterocycles. The van der Waals surface area contributed by atoms with Crippen LogP contribution in [-0.4, -0.2) is 30.5 Å². The number of carboxylic acids is 1. The number of aliphatic carboxylic acids is 1. The van der Waals surface area contributed by atoms with Crippen LogP contribution < -0.4 is 61.8 Å². The molecule has 0 aromatic heterocycles. The Morgan fingerprint density at radius 1 is 0.968 bits per heavy atom. The summed E-state index contributed by atoms with van der Waals surface area (Å²) in [6, 6.07) is 17.7. The number of rotatable bonds is 11. The van der Waals surface area contributed by atoms with E-state index in [0.717, 1.165) is 16.7 Å². The average molecular weight is 450 g/mol. The summed E-state index contributed by atoms with van der Waals surface area (Å²) in [7, 11) is 0. The summed E-state index contributed by atoms with van der Waals surface area (Å²) in [5.74, 6) is -2.34. The smallest absolute Gasteiger partial charge is 0.550 e. The van der Waals surface area contributed by atoms with Gasteiger partial charge in [-0.3, -0.25) is 9.59 Å². The van der Waals surface area contributed by atoms with Gasteiger partial charge in [-0.15, -0.1) is 0 Å². The Kier molecular flexibility index (Phi) is 12.9. The zero-order chi connectivity index (χ0) is 21.9. The van der Waals surface area contributed by atoms with Gasteiger partial charge in [-0.1, -0.05) is 61.5 Å². The van der Waals surface area contributed by atoms with Gasteiger partial charge < -0.3 is 20.0 Å². The van der Waals surface area contributed by atoms with Gasteiger partial charge >= 0.3 is 57.4 Å². The van der Waals surface area contributed by atoms with Crippen LogP contribution in [0.25, 0.3) is 11.1 Å². The van der Waals surface area contributed by atoms with E-state index in [4.69, 9.17) is 4.74 Å². The van der Waals surface area contributed by atoms with Gasteiger partial charge in [0.1, 0.15) is 0 Å². The molecule has 0 radical (unpaired) electrons. The van der Waals surface area contributed by atoms with Gasteiger partial charge in [-0.25, -0.2) is 0 Å². The van der Waals surface area contributed by atoms with Crippen molar-refractivity contribution >= 4 is 17.8 Å². The van der Waals surface area contributed by atoms with Crippen molar-refractivity contribution in [2.45, 2.75) is 45.6 Å². The molecule has 160 valence electrons. The number of hydrogen-bond acceptors (Lipinski definition) is 5. The molecule has 7 heteroatoms. The fraction of sp³-hybridized carbons (Fsp3) is 0.375.